The van der Waals surface area contributed by atoms with Crippen LogP contribution in [0, 0.1) is 5.92 Å². The van der Waals surface area contributed by atoms with E-state index in [1.807, 2.05) is 6.20 Å². The molecule has 1 aromatic carbocycles. The molecular weight excluding hydrogens is 266 g/mol. The second-order valence-electron chi connectivity index (χ2n) is 5.55. The van der Waals surface area contributed by atoms with E-state index in [4.69, 9.17) is 0 Å². The van der Waals surface area contributed by atoms with Crippen LogP contribution in [0.5, 0.6) is 0 Å². The molecule has 1 atom stereocenters. The summed E-state index contributed by atoms with van der Waals surface area (Å²) in [5, 5.41) is 7.58. The van der Waals surface area contributed by atoms with Crippen molar-refractivity contribution in [2.45, 2.75) is 39.7 Å². The molecule has 0 aliphatic carbocycles. The van der Waals surface area contributed by atoms with Gasteiger partial charge in [0.25, 0.3) is 0 Å². The number of rotatable bonds is 7. The van der Waals surface area contributed by atoms with Crippen molar-refractivity contribution < 1.29 is 0 Å². The summed E-state index contributed by atoms with van der Waals surface area (Å²) in [6, 6.07) is 9.08. The Bertz CT molecular complexity index is 508. The van der Waals surface area contributed by atoms with Crippen molar-refractivity contribution in [3.63, 3.8) is 0 Å². The van der Waals surface area contributed by atoms with Crippen molar-refractivity contribution in [3.8, 4) is 0 Å². The Kier molecular flexibility index (Phi) is 5.68. The number of aromatic nitrogens is 2. The van der Waals surface area contributed by atoms with Gasteiger partial charge in [-0.2, -0.15) is 0 Å². The highest BCUT2D eigenvalue weighted by atomic mass is 32.1. The van der Waals surface area contributed by atoms with Crippen molar-refractivity contribution >= 4 is 11.5 Å². The summed E-state index contributed by atoms with van der Waals surface area (Å²) in [6.07, 6.45) is 4.11. The van der Waals surface area contributed by atoms with E-state index in [2.05, 4.69) is 59.9 Å². The zero-order valence-electron chi connectivity index (χ0n) is 12.5. The second kappa shape index (κ2) is 7.50. The van der Waals surface area contributed by atoms with Gasteiger partial charge in [0.1, 0.15) is 0 Å². The first-order valence-electron chi connectivity index (χ1n) is 7.30. The molecular formula is C16H23N3S. The maximum absolute atomic E-state index is 4.00. The van der Waals surface area contributed by atoms with Crippen LogP contribution in [0.4, 0.5) is 0 Å². The van der Waals surface area contributed by atoms with Crippen molar-refractivity contribution in [2.75, 3.05) is 6.54 Å². The van der Waals surface area contributed by atoms with Crippen molar-refractivity contribution in [2.24, 2.45) is 5.92 Å². The molecule has 4 heteroatoms. The molecule has 1 aromatic heterocycles. The van der Waals surface area contributed by atoms with E-state index in [-0.39, 0.29) is 6.04 Å². The summed E-state index contributed by atoms with van der Waals surface area (Å²) in [6.45, 7) is 7.69. The molecule has 2 rings (SSSR count). The van der Waals surface area contributed by atoms with Gasteiger partial charge in [0.2, 0.25) is 0 Å². The fourth-order valence-electron chi connectivity index (χ4n) is 2.34. The molecule has 0 fully saturated rings. The fourth-order valence-corrected chi connectivity index (χ4v) is 2.95. The first-order chi connectivity index (χ1) is 9.70. The Morgan fingerprint density at radius 3 is 2.80 bits per heavy atom. The summed E-state index contributed by atoms with van der Waals surface area (Å²) in [5.74, 6) is 0.678. The Hall–Kier alpha value is -1.26. The van der Waals surface area contributed by atoms with Crippen LogP contribution in [0.25, 0.3) is 0 Å². The maximum Gasteiger partial charge on any atom is 0.0703 e. The minimum absolute atomic E-state index is 0.210. The lowest BCUT2D eigenvalue weighted by Crippen LogP contribution is -2.22. The van der Waals surface area contributed by atoms with Crippen LogP contribution in [0.2, 0.25) is 0 Å². The molecule has 0 bridgehead atoms. The summed E-state index contributed by atoms with van der Waals surface area (Å²) >= 11 is 1.47. The predicted octanol–water partition coefficient (Wildman–Crippen LogP) is 3.83. The van der Waals surface area contributed by atoms with E-state index in [9.17, 15) is 0 Å². The standard InChI is InChI=1S/C16H23N3S/c1-4-8-17-16(15-11-18-19-20-15)14-7-5-6-13(10-14)9-12(2)3/h5-7,10-12,16-17H,4,8-9H2,1-3H3. The number of nitrogens with one attached hydrogen (secondary N) is 1. The third-order valence-corrected chi connectivity index (χ3v) is 3.92. The number of nitrogens with zero attached hydrogens (tertiary/aromatic N) is 2. The molecule has 108 valence electrons. The molecule has 3 nitrogen and oxygen atoms in total. The van der Waals surface area contributed by atoms with Crippen LogP contribution < -0.4 is 5.32 Å². The summed E-state index contributed by atoms with van der Waals surface area (Å²) in [5.41, 5.74) is 2.71. The van der Waals surface area contributed by atoms with Gasteiger partial charge in [-0.25, -0.2) is 0 Å². The fraction of sp³-hybridized carbons (Fsp3) is 0.500. The van der Waals surface area contributed by atoms with Gasteiger partial charge in [0.05, 0.1) is 17.1 Å². The Balaban J connectivity index is 2.24. The lowest BCUT2D eigenvalue weighted by atomic mass is 9.97. The van der Waals surface area contributed by atoms with Crippen molar-refractivity contribution in [1.29, 1.82) is 0 Å². The van der Waals surface area contributed by atoms with Gasteiger partial charge in [-0.15, -0.1) is 5.10 Å². The Morgan fingerprint density at radius 2 is 2.15 bits per heavy atom. The number of hydrogen-bond acceptors (Lipinski definition) is 4. The molecule has 0 aliphatic rings. The molecule has 1 heterocycles. The molecule has 0 saturated carbocycles. The van der Waals surface area contributed by atoms with Gasteiger partial charge in [-0.1, -0.05) is 49.5 Å². The van der Waals surface area contributed by atoms with E-state index in [0.717, 1.165) is 19.4 Å². The van der Waals surface area contributed by atoms with Crippen LogP contribution in [0.1, 0.15) is 49.2 Å². The summed E-state index contributed by atoms with van der Waals surface area (Å²) in [7, 11) is 0. The Morgan fingerprint density at radius 1 is 1.30 bits per heavy atom. The second-order valence-corrected chi connectivity index (χ2v) is 6.37. The smallest absolute Gasteiger partial charge is 0.0703 e. The zero-order chi connectivity index (χ0) is 14.4. The highest BCUT2D eigenvalue weighted by molar-refractivity contribution is 7.05. The van der Waals surface area contributed by atoms with Gasteiger partial charge in [0, 0.05) is 0 Å². The van der Waals surface area contributed by atoms with E-state index < -0.39 is 0 Å². The Labute approximate surface area is 125 Å². The average Bonchev–Trinajstić information content (AvgIpc) is 2.93. The SMILES string of the molecule is CCCNC(c1cccc(CC(C)C)c1)c1cnns1. The number of benzene rings is 1. The lowest BCUT2D eigenvalue weighted by Gasteiger charge is -2.18. The maximum atomic E-state index is 4.00. The summed E-state index contributed by atoms with van der Waals surface area (Å²) in [4.78, 5) is 1.18. The molecule has 2 aromatic rings. The first-order valence-corrected chi connectivity index (χ1v) is 8.07. The van der Waals surface area contributed by atoms with Gasteiger partial charge in [-0.05, 0) is 48.0 Å². The molecule has 0 radical (unpaired) electrons. The van der Waals surface area contributed by atoms with Gasteiger partial charge in [-0.3, -0.25) is 0 Å². The molecule has 20 heavy (non-hydrogen) atoms. The molecule has 1 N–H and O–H groups in total. The third kappa shape index (κ3) is 4.12. The first kappa shape index (κ1) is 15.1. The minimum atomic E-state index is 0.210. The van der Waals surface area contributed by atoms with Crippen LogP contribution in [-0.4, -0.2) is 16.1 Å². The number of hydrogen-bond donors (Lipinski definition) is 1. The largest absolute Gasteiger partial charge is 0.305 e. The molecule has 0 amide bonds. The molecule has 0 saturated heterocycles. The normalized spacial score (nSPS) is 12.8. The van der Waals surface area contributed by atoms with Crippen LogP contribution in [-0.2, 0) is 6.42 Å². The van der Waals surface area contributed by atoms with Crippen molar-refractivity contribution in [3.05, 3.63) is 46.5 Å². The van der Waals surface area contributed by atoms with Gasteiger partial charge >= 0.3 is 0 Å². The summed E-state index contributed by atoms with van der Waals surface area (Å²) < 4.78 is 4.00. The van der Waals surface area contributed by atoms with Crippen LogP contribution in [0.15, 0.2) is 30.5 Å². The molecule has 1 unspecified atom stereocenters. The third-order valence-electron chi connectivity index (χ3n) is 3.19. The monoisotopic (exact) mass is 289 g/mol. The van der Waals surface area contributed by atoms with E-state index in [0.29, 0.717) is 5.92 Å². The topological polar surface area (TPSA) is 37.8 Å². The van der Waals surface area contributed by atoms with Gasteiger partial charge < -0.3 is 5.32 Å². The quantitative estimate of drug-likeness (QED) is 0.842. The van der Waals surface area contributed by atoms with Crippen LogP contribution in [0.3, 0.4) is 0 Å². The van der Waals surface area contributed by atoms with E-state index in [1.54, 1.807) is 0 Å². The predicted molar refractivity (Wildman–Crippen MR) is 85.0 cm³/mol. The highest BCUT2D eigenvalue weighted by Crippen LogP contribution is 2.25. The zero-order valence-corrected chi connectivity index (χ0v) is 13.3. The lowest BCUT2D eigenvalue weighted by molar-refractivity contribution is 0.602. The van der Waals surface area contributed by atoms with Crippen molar-refractivity contribution in [1.82, 2.24) is 14.9 Å². The van der Waals surface area contributed by atoms with E-state index in [1.165, 1.54) is 27.5 Å². The molecule has 0 aliphatic heterocycles. The highest BCUT2D eigenvalue weighted by Gasteiger charge is 2.16. The average molecular weight is 289 g/mol. The van der Waals surface area contributed by atoms with Gasteiger partial charge in [0.15, 0.2) is 0 Å². The molecule has 0 spiro atoms. The van der Waals surface area contributed by atoms with E-state index >= 15 is 0 Å². The minimum Gasteiger partial charge on any atom is -0.305 e. The van der Waals surface area contributed by atoms with Crippen LogP contribution >= 0.6 is 11.5 Å².